The topological polar surface area (TPSA) is 43.8 Å². The molecule has 0 aromatic heterocycles. The fourth-order valence-electron chi connectivity index (χ4n) is 1.93. The van der Waals surface area contributed by atoms with Gasteiger partial charge in [-0.3, -0.25) is 9.69 Å². The Kier molecular flexibility index (Phi) is 5.77. The molecule has 1 aliphatic rings. The molecular weight excluding hydrogens is 204 g/mol. The van der Waals surface area contributed by atoms with Crippen molar-refractivity contribution in [3.8, 4) is 0 Å². The highest BCUT2D eigenvalue weighted by molar-refractivity contribution is 5.76. The molecule has 0 bridgehead atoms. The van der Waals surface area contributed by atoms with Crippen LogP contribution in [0.25, 0.3) is 0 Å². The second-order valence-electron chi connectivity index (χ2n) is 4.88. The summed E-state index contributed by atoms with van der Waals surface area (Å²) in [6.45, 7) is 8.66. The maximum Gasteiger partial charge on any atom is 0.222 e. The van der Waals surface area contributed by atoms with Crippen molar-refractivity contribution in [2.45, 2.75) is 26.7 Å². The third-order valence-electron chi connectivity index (χ3n) is 3.08. The highest BCUT2D eigenvalue weighted by Gasteiger charge is 2.20. The molecule has 1 heterocycles. The summed E-state index contributed by atoms with van der Waals surface area (Å²) in [6.07, 6.45) is 1.66. The zero-order valence-electron chi connectivity index (χ0n) is 10.5. The predicted octanol–water partition coefficient (Wildman–Crippen LogP) is 0.559. The predicted molar refractivity (Wildman–Crippen MR) is 64.2 cm³/mol. The summed E-state index contributed by atoms with van der Waals surface area (Å²) >= 11 is 0. The first kappa shape index (κ1) is 13.5. The normalized spacial score (nSPS) is 18.1. The van der Waals surface area contributed by atoms with Gasteiger partial charge in [0, 0.05) is 39.1 Å². The van der Waals surface area contributed by atoms with Gasteiger partial charge >= 0.3 is 0 Å². The van der Waals surface area contributed by atoms with Crippen LogP contribution in [0.15, 0.2) is 0 Å². The number of amides is 1. The molecule has 1 amide bonds. The van der Waals surface area contributed by atoms with Crippen molar-refractivity contribution in [1.29, 1.82) is 0 Å². The summed E-state index contributed by atoms with van der Waals surface area (Å²) < 4.78 is 0. The average Bonchev–Trinajstić information content (AvgIpc) is 2.27. The Morgan fingerprint density at radius 3 is 2.38 bits per heavy atom. The molecule has 1 fully saturated rings. The van der Waals surface area contributed by atoms with E-state index in [1.54, 1.807) is 0 Å². The van der Waals surface area contributed by atoms with Gasteiger partial charge in [-0.15, -0.1) is 0 Å². The summed E-state index contributed by atoms with van der Waals surface area (Å²) in [6, 6.07) is 0. The van der Waals surface area contributed by atoms with E-state index in [9.17, 15) is 4.79 Å². The Balaban J connectivity index is 2.22. The molecule has 0 atom stereocenters. The Bertz CT molecular complexity index is 211. The van der Waals surface area contributed by atoms with Crippen molar-refractivity contribution >= 4 is 5.91 Å². The van der Waals surface area contributed by atoms with Gasteiger partial charge in [-0.1, -0.05) is 13.8 Å². The second kappa shape index (κ2) is 6.86. The fourth-order valence-corrected chi connectivity index (χ4v) is 1.93. The lowest BCUT2D eigenvalue weighted by Crippen LogP contribution is -2.49. The maximum absolute atomic E-state index is 11.8. The van der Waals surface area contributed by atoms with E-state index in [4.69, 9.17) is 5.11 Å². The largest absolute Gasteiger partial charge is 0.395 e. The van der Waals surface area contributed by atoms with Crippen LogP contribution in [0.4, 0.5) is 0 Å². The number of rotatable bonds is 5. The monoisotopic (exact) mass is 228 g/mol. The number of hydrogen-bond acceptors (Lipinski definition) is 3. The van der Waals surface area contributed by atoms with Gasteiger partial charge in [0.05, 0.1) is 6.61 Å². The lowest BCUT2D eigenvalue weighted by atomic mass is 10.1. The van der Waals surface area contributed by atoms with Crippen molar-refractivity contribution < 1.29 is 9.90 Å². The van der Waals surface area contributed by atoms with Gasteiger partial charge in [0.25, 0.3) is 0 Å². The van der Waals surface area contributed by atoms with Crippen molar-refractivity contribution in [1.82, 2.24) is 9.80 Å². The number of nitrogens with zero attached hydrogens (tertiary/aromatic N) is 2. The van der Waals surface area contributed by atoms with E-state index in [0.29, 0.717) is 12.3 Å². The van der Waals surface area contributed by atoms with Crippen molar-refractivity contribution in [3.05, 3.63) is 0 Å². The molecule has 0 aromatic carbocycles. The minimum atomic E-state index is 0.210. The minimum absolute atomic E-state index is 0.210. The van der Waals surface area contributed by atoms with Gasteiger partial charge in [-0.05, 0) is 12.3 Å². The summed E-state index contributed by atoms with van der Waals surface area (Å²) in [7, 11) is 0. The lowest BCUT2D eigenvalue weighted by Gasteiger charge is -2.34. The maximum atomic E-state index is 11.8. The Morgan fingerprint density at radius 2 is 1.88 bits per heavy atom. The van der Waals surface area contributed by atoms with Gasteiger partial charge in [0.2, 0.25) is 5.91 Å². The van der Waals surface area contributed by atoms with E-state index in [-0.39, 0.29) is 12.5 Å². The van der Waals surface area contributed by atoms with Crippen LogP contribution in [-0.4, -0.2) is 60.1 Å². The van der Waals surface area contributed by atoms with Crippen LogP contribution in [0.1, 0.15) is 26.7 Å². The van der Waals surface area contributed by atoms with Gasteiger partial charge in [0.1, 0.15) is 0 Å². The molecule has 94 valence electrons. The average molecular weight is 228 g/mol. The first-order chi connectivity index (χ1) is 7.63. The highest BCUT2D eigenvalue weighted by Crippen LogP contribution is 2.08. The molecular formula is C12H24N2O2. The molecule has 1 saturated heterocycles. The number of aliphatic hydroxyl groups is 1. The molecule has 0 aliphatic carbocycles. The van der Waals surface area contributed by atoms with Crippen LogP contribution in [0.3, 0.4) is 0 Å². The van der Waals surface area contributed by atoms with E-state index >= 15 is 0 Å². The molecule has 1 rings (SSSR count). The summed E-state index contributed by atoms with van der Waals surface area (Å²) in [5.74, 6) is 0.886. The number of piperazine rings is 1. The van der Waals surface area contributed by atoms with Gasteiger partial charge < -0.3 is 10.0 Å². The van der Waals surface area contributed by atoms with Crippen molar-refractivity contribution in [2.24, 2.45) is 5.92 Å². The number of hydrogen-bond donors (Lipinski definition) is 1. The van der Waals surface area contributed by atoms with Crippen LogP contribution < -0.4 is 0 Å². The Labute approximate surface area is 98.2 Å². The zero-order valence-corrected chi connectivity index (χ0v) is 10.5. The number of aliphatic hydroxyl groups excluding tert-OH is 1. The van der Waals surface area contributed by atoms with E-state index < -0.39 is 0 Å². The van der Waals surface area contributed by atoms with Crippen LogP contribution in [0.5, 0.6) is 0 Å². The summed E-state index contributed by atoms with van der Waals surface area (Å²) in [4.78, 5) is 16.0. The molecule has 0 radical (unpaired) electrons. The summed E-state index contributed by atoms with van der Waals surface area (Å²) in [5, 5.41) is 8.82. The van der Waals surface area contributed by atoms with E-state index in [0.717, 1.165) is 39.1 Å². The second-order valence-corrected chi connectivity index (χ2v) is 4.88. The Hall–Kier alpha value is -0.610. The van der Waals surface area contributed by atoms with Crippen LogP contribution in [0.2, 0.25) is 0 Å². The van der Waals surface area contributed by atoms with Crippen LogP contribution in [0, 0.1) is 5.92 Å². The molecule has 0 spiro atoms. The van der Waals surface area contributed by atoms with Crippen molar-refractivity contribution in [3.63, 3.8) is 0 Å². The van der Waals surface area contributed by atoms with E-state index in [1.165, 1.54) is 0 Å². The molecule has 1 N–H and O–H groups in total. The van der Waals surface area contributed by atoms with Gasteiger partial charge in [0.15, 0.2) is 0 Å². The SMILES string of the molecule is CC(C)CCC(=O)N1CCN(CCO)CC1. The third kappa shape index (κ3) is 4.49. The lowest BCUT2D eigenvalue weighted by molar-refractivity contribution is -0.133. The Morgan fingerprint density at radius 1 is 1.25 bits per heavy atom. The first-order valence-corrected chi connectivity index (χ1v) is 6.24. The van der Waals surface area contributed by atoms with Crippen LogP contribution in [-0.2, 0) is 4.79 Å². The minimum Gasteiger partial charge on any atom is -0.395 e. The highest BCUT2D eigenvalue weighted by atomic mass is 16.3. The van der Waals surface area contributed by atoms with E-state index in [1.807, 2.05) is 4.90 Å². The fraction of sp³-hybridized carbons (Fsp3) is 0.917. The van der Waals surface area contributed by atoms with E-state index in [2.05, 4.69) is 18.7 Å². The first-order valence-electron chi connectivity index (χ1n) is 6.24. The summed E-state index contributed by atoms with van der Waals surface area (Å²) in [5.41, 5.74) is 0. The molecule has 0 unspecified atom stereocenters. The third-order valence-corrected chi connectivity index (χ3v) is 3.08. The molecule has 4 heteroatoms. The molecule has 0 aromatic rings. The number of β-amino-alcohol motifs (C(OH)–C–C–N with tert-alkyl or cyclic N) is 1. The van der Waals surface area contributed by atoms with Gasteiger partial charge in [-0.2, -0.15) is 0 Å². The zero-order chi connectivity index (χ0) is 12.0. The van der Waals surface area contributed by atoms with Gasteiger partial charge in [-0.25, -0.2) is 0 Å². The molecule has 4 nitrogen and oxygen atoms in total. The smallest absolute Gasteiger partial charge is 0.222 e. The standard InChI is InChI=1S/C12H24N2O2/c1-11(2)3-4-12(16)14-7-5-13(6-8-14)9-10-15/h11,15H,3-10H2,1-2H3. The van der Waals surface area contributed by atoms with Crippen molar-refractivity contribution in [2.75, 3.05) is 39.3 Å². The molecule has 0 saturated carbocycles. The number of carbonyl (C=O) groups excluding carboxylic acids is 1. The van der Waals surface area contributed by atoms with Crippen LogP contribution >= 0.6 is 0 Å². The number of carbonyl (C=O) groups is 1. The molecule has 16 heavy (non-hydrogen) atoms. The molecule has 1 aliphatic heterocycles. The quantitative estimate of drug-likeness (QED) is 0.748.